The van der Waals surface area contributed by atoms with Gasteiger partial charge in [-0.1, -0.05) is 58.6 Å². The second-order valence-electron chi connectivity index (χ2n) is 11.0. The minimum absolute atomic E-state index is 0.0229. The average molecular weight is 431 g/mol. The number of carbonyl (C=O) groups excluding carboxylic acids is 2. The highest BCUT2D eigenvalue weighted by Crippen LogP contribution is 2.82. The molecule has 4 rings (SSSR count). The topological polar surface area (TPSA) is 80.7 Å². The van der Waals surface area contributed by atoms with Gasteiger partial charge in [0, 0.05) is 24.4 Å². The van der Waals surface area contributed by atoms with Crippen LogP contribution in [0, 0.1) is 45.8 Å². The quantitative estimate of drug-likeness (QED) is 0.309. The van der Waals surface area contributed by atoms with Crippen LogP contribution in [-0.4, -0.2) is 36.4 Å². The van der Waals surface area contributed by atoms with Crippen molar-refractivity contribution in [3.05, 3.63) is 11.6 Å². The molecule has 3 unspecified atom stereocenters. The van der Waals surface area contributed by atoms with Gasteiger partial charge in [-0.25, -0.2) is 0 Å². The second kappa shape index (κ2) is 7.83. The van der Waals surface area contributed by atoms with Crippen molar-refractivity contribution in [2.24, 2.45) is 45.8 Å². The lowest BCUT2D eigenvalue weighted by Crippen LogP contribution is -2.63. The van der Waals surface area contributed by atoms with E-state index in [-0.39, 0.29) is 35.4 Å². The van der Waals surface area contributed by atoms with Gasteiger partial charge in [-0.3, -0.25) is 9.59 Å². The lowest BCUT2D eigenvalue weighted by atomic mass is 9.43. The van der Waals surface area contributed by atoms with Gasteiger partial charge in [-0.2, -0.15) is 0 Å². The molecule has 4 aliphatic rings. The third kappa shape index (κ3) is 2.68. The van der Waals surface area contributed by atoms with Crippen LogP contribution in [0.1, 0.15) is 72.6 Å². The Morgan fingerprint density at radius 1 is 1.29 bits per heavy atom. The molecule has 172 valence electrons. The number of aliphatic carboxylic acids is 1. The molecule has 5 nitrogen and oxygen atoms in total. The standard InChI is InChI=1S/C26H38O5/c1-5-6-7-8-9-31-15-25-13-19-17(4)22(28)11-21(19)24(14-27)12-18(25)10-20(16(2)3)26(24,25)23(29)30/h10,14,16-19,21H,5-9,11-13,15H2,1-4H3,(H,29,30)/t17-,18?,19+,21+,24?,25?,26-/m0/s1. The summed E-state index contributed by atoms with van der Waals surface area (Å²) in [6, 6.07) is 0. The lowest BCUT2D eigenvalue weighted by Gasteiger charge is -2.58. The summed E-state index contributed by atoms with van der Waals surface area (Å²) in [6.45, 7) is 9.20. The van der Waals surface area contributed by atoms with Gasteiger partial charge >= 0.3 is 5.97 Å². The van der Waals surface area contributed by atoms with Crippen LogP contribution in [0.5, 0.6) is 0 Å². The Labute approximate surface area is 186 Å². The van der Waals surface area contributed by atoms with Crippen molar-refractivity contribution in [3.63, 3.8) is 0 Å². The monoisotopic (exact) mass is 430 g/mol. The Hall–Kier alpha value is -1.49. The van der Waals surface area contributed by atoms with E-state index in [0.717, 1.165) is 31.1 Å². The Morgan fingerprint density at radius 2 is 2.03 bits per heavy atom. The smallest absolute Gasteiger partial charge is 0.315 e. The number of ketones is 1. The summed E-state index contributed by atoms with van der Waals surface area (Å²) in [7, 11) is 0. The number of unbranched alkanes of at least 4 members (excludes halogenated alkanes) is 3. The van der Waals surface area contributed by atoms with Crippen molar-refractivity contribution in [1.29, 1.82) is 0 Å². The van der Waals surface area contributed by atoms with Gasteiger partial charge in [0.05, 0.1) is 12.0 Å². The zero-order valence-corrected chi connectivity index (χ0v) is 19.5. The van der Waals surface area contributed by atoms with Crippen molar-refractivity contribution in [2.45, 2.75) is 72.6 Å². The summed E-state index contributed by atoms with van der Waals surface area (Å²) in [5.74, 6) is -0.858. The summed E-state index contributed by atoms with van der Waals surface area (Å²) >= 11 is 0. The predicted molar refractivity (Wildman–Crippen MR) is 117 cm³/mol. The largest absolute Gasteiger partial charge is 0.481 e. The molecule has 3 fully saturated rings. The van der Waals surface area contributed by atoms with Gasteiger partial charge in [0.1, 0.15) is 17.5 Å². The van der Waals surface area contributed by atoms with Gasteiger partial charge in [0.15, 0.2) is 0 Å². The second-order valence-corrected chi connectivity index (χ2v) is 11.0. The maximum absolute atomic E-state index is 13.3. The van der Waals surface area contributed by atoms with Gasteiger partial charge in [0.2, 0.25) is 0 Å². The molecule has 4 bridgehead atoms. The number of rotatable bonds is 10. The van der Waals surface area contributed by atoms with Crippen LogP contribution >= 0.6 is 0 Å². The normalized spacial score (nSPS) is 42.7. The van der Waals surface area contributed by atoms with Crippen molar-refractivity contribution in [3.8, 4) is 0 Å². The van der Waals surface area contributed by atoms with Crippen molar-refractivity contribution < 1.29 is 24.2 Å². The van der Waals surface area contributed by atoms with E-state index in [2.05, 4.69) is 13.0 Å². The summed E-state index contributed by atoms with van der Waals surface area (Å²) < 4.78 is 6.23. The molecular formula is C26H38O5. The number of hydrogen-bond donors (Lipinski definition) is 1. The van der Waals surface area contributed by atoms with Gasteiger partial charge in [-0.05, 0) is 42.9 Å². The van der Waals surface area contributed by atoms with Crippen LogP contribution in [0.2, 0.25) is 0 Å². The minimum atomic E-state index is -1.25. The van der Waals surface area contributed by atoms with E-state index in [4.69, 9.17) is 4.74 Å². The number of aldehydes is 1. The molecule has 31 heavy (non-hydrogen) atoms. The fourth-order valence-electron chi connectivity index (χ4n) is 8.29. The Bertz CT molecular complexity index is 800. The zero-order chi connectivity index (χ0) is 22.6. The van der Waals surface area contributed by atoms with E-state index in [9.17, 15) is 19.5 Å². The molecule has 0 radical (unpaired) electrons. The molecule has 0 spiro atoms. The number of carboxylic acid groups (broad SMARTS) is 1. The van der Waals surface area contributed by atoms with Crippen LogP contribution in [0.4, 0.5) is 0 Å². The first-order valence-corrected chi connectivity index (χ1v) is 12.3. The third-order valence-corrected chi connectivity index (χ3v) is 9.53. The molecular weight excluding hydrogens is 392 g/mol. The maximum Gasteiger partial charge on any atom is 0.315 e. The van der Waals surface area contributed by atoms with Crippen molar-refractivity contribution in [1.82, 2.24) is 0 Å². The molecule has 0 aromatic carbocycles. The molecule has 0 heterocycles. The van der Waals surface area contributed by atoms with Crippen LogP contribution in [0.15, 0.2) is 11.6 Å². The molecule has 0 aromatic heterocycles. The van der Waals surface area contributed by atoms with Crippen LogP contribution in [0.25, 0.3) is 0 Å². The fourth-order valence-corrected chi connectivity index (χ4v) is 8.29. The lowest BCUT2D eigenvalue weighted by molar-refractivity contribution is -0.186. The molecule has 0 saturated heterocycles. The van der Waals surface area contributed by atoms with E-state index in [0.29, 0.717) is 32.5 Å². The highest BCUT2D eigenvalue weighted by molar-refractivity contribution is 5.92. The third-order valence-electron chi connectivity index (χ3n) is 9.53. The molecule has 0 amide bonds. The Balaban J connectivity index is 1.78. The SMILES string of the molecule is CCCCCCOCC12C[C@@H]3[C@H](C)C(=O)C[C@H]3C3(C=O)CC1C=C(C(C)C)[C@@]23C(=O)O. The van der Waals surface area contributed by atoms with Crippen LogP contribution in [0.3, 0.4) is 0 Å². The molecule has 0 aromatic rings. The predicted octanol–water partition coefficient (Wildman–Crippen LogP) is 4.69. The number of carbonyl (C=O) groups is 3. The summed E-state index contributed by atoms with van der Waals surface area (Å²) in [5.41, 5.74) is -2.00. The minimum Gasteiger partial charge on any atom is -0.481 e. The molecule has 1 N–H and O–H groups in total. The van der Waals surface area contributed by atoms with Gasteiger partial charge in [-0.15, -0.1) is 0 Å². The van der Waals surface area contributed by atoms with Crippen molar-refractivity contribution >= 4 is 18.0 Å². The van der Waals surface area contributed by atoms with E-state index >= 15 is 0 Å². The molecule has 3 saturated carbocycles. The van der Waals surface area contributed by atoms with E-state index in [1.165, 1.54) is 6.42 Å². The Morgan fingerprint density at radius 3 is 2.65 bits per heavy atom. The number of carboxylic acids is 1. The summed E-state index contributed by atoms with van der Waals surface area (Å²) in [4.78, 5) is 38.9. The number of hydrogen-bond acceptors (Lipinski definition) is 4. The van der Waals surface area contributed by atoms with Crippen LogP contribution in [-0.2, 0) is 19.1 Å². The van der Waals surface area contributed by atoms with Crippen molar-refractivity contribution in [2.75, 3.05) is 13.2 Å². The highest BCUT2D eigenvalue weighted by Gasteiger charge is 2.84. The van der Waals surface area contributed by atoms with Gasteiger partial charge < -0.3 is 14.6 Å². The summed E-state index contributed by atoms with van der Waals surface area (Å²) in [6.07, 6.45) is 9.09. The number of ether oxygens (including phenoxy) is 1. The first kappa shape index (κ1) is 22.7. The van der Waals surface area contributed by atoms with E-state index < -0.39 is 22.2 Å². The zero-order valence-electron chi connectivity index (χ0n) is 19.5. The number of allylic oxidation sites excluding steroid dienone is 1. The highest BCUT2D eigenvalue weighted by atomic mass is 16.5. The number of fused-ring (bicyclic) bond motifs is 2. The van der Waals surface area contributed by atoms with E-state index in [1.807, 2.05) is 20.8 Å². The van der Waals surface area contributed by atoms with Crippen LogP contribution < -0.4 is 0 Å². The molecule has 4 aliphatic carbocycles. The molecule has 0 aliphatic heterocycles. The van der Waals surface area contributed by atoms with Gasteiger partial charge in [0.25, 0.3) is 0 Å². The maximum atomic E-state index is 13.3. The first-order valence-electron chi connectivity index (χ1n) is 12.3. The van der Waals surface area contributed by atoms with E-state index in [1.54, 1.807) is 0 Å². The Kier molecular flexibility index (Phi) is 5.73. The average Bonchev–Trinajstić information content (AvgIpc) is 3.25. The molecule has 5 heteroatoms. The summed E-state index contributed by atoms with van der Waals surface area (Å²) in [5, 5.41) is 10.9. The first-order chi connectivity index (χ1) is 14.7. The molecule has 7 atom stereocenters. The fraction of sp³-hybridized carbons (Fsp3) is 0.808. The number of Topliss-reactive ketones (excluding diaryl/α,β-unsaturated/α-hetero) is 1.